The summed E-state index contributed by atoms with van der Waals surface area (Å²) in [4.78, 5) is 12.8. The van der Waals surface area contributed by atoms with Gasteiger partial charge in [0.1, 0.15) is 18.2 Å². The molecule has 0 saturated carbocycles. The van der Waals surface area contributed by atoms with E-state index >= 15 is 0 Å². The van der Waals surface area contributed by atoms with Crippen molar-refractivity contribution in [2.45, 2.75) is 26.9 Å². The predicted octanol–water partition coefficient (Wildman–Crippen LogP) is 6.90. The zero-order chi connectivity index (χ0) is 25.2. The lowest BCUT2D eigenvalue weighted by molar-refractivity contribution is -0.112. The molecule has 0 aliphatic rings. The van der Waals surface area contributed by atoms with Crippen LogP contribution in [0.15, 0.2) is 78.9 Å². The molecule has 0 atom stereocenters. The maximum Gasteiger partial charge on any atom is 0.266 e. The number of hydrogen-bond donors (Lipinski definition) is 1. The number of halogens is 1. The van der Waals surface area contributed by atoms with Crippen molar-refractivity contribution in [1.82, 2.24) is 0 Å². The monoisotopic (exact) mass is 486 g/mol. The molecule has 6 heteroatoms. The van der Waals surface area contributed by atoms with Gasteiger partial charge in [0.05, 0.1) is 6.61 Å². The molecule has 3 aromatic rings. The van der Waals surface area contributed by atoms with Gasteiger partial charge in [-0.15, -0.1) is 6.58 Å². The van der Waals surface area contributed by atoms with E-state index in [2.05, 4.69) is 11.9 Å². The first-order valence-corrected chi connectivity index (χ1v) is 11.6. The largest absolute Gasteiger partial charge is 0.490 e. The number of ether oxygens (including phenoxy) is 2. The number of carbonyl (C=O) groups excluding carboxylic acids is 1. The lowest BCUT2D eigenvalue weighted by atomic mass is 10.0. The molecule has 0 aromatic heterocycles. The van der Waals surface area contributed by atoms with Crippen LogP contribution in [0.2, 0.25) is 5.02 Å². The van der Waals surface area contributed by atoms with Crippen LogP contribution in [0.25, 0.3) is 6.08 Å². The van der Waals surface area contributed by atoms with Crippen LogP contribution in [0.1, 0.15) is 29.2 Å². The van der Waals surface area contributed by atoms with Gasteiger partial charge in [-0.05, 0) is 61.7 Å². The molecule has 1 N–H and O–H groups in total. The van der Waals surface area contributed by atoms with Crippen LogP contribution in [-0.4, -0.2) is 12.5 Å². The molecule has 178 valence electrons. The highest BCUT2D eigenvalue weighted by Crippen LogP contribution is 2.36. The van der Waals surface area contributed by atoms with Crippen LogP contribution in [0, 0.1) is 18.3 Å². The van der Waals surface area contributed by atoms with Crippen LogP contribution in [-0.2, 0) is 17.8 Å². The number of amides is 1. The van der Waals surface area contributed by atoms with Crippen LogP contribution < -0.4 is 14.8 Å². The van der Waals surface area contributed by atoms with E-state index in [-0.39, 0.29) is 12.2 Å². The average Bonchev–Trinajstić information content (AvgIpc) is 2.84. The van der Waals surface area contributed by atoms with Gasteiger partial charge in [0.25, 0.3) is 5.91 Å². The second kappa shape index (κ2) is 12.5. The van der Waals surface area contributed by atoms with Gasteiger partial charge in [-0.2, -0.15) is 5.26 Å². The SMILES string of the molecule is C=CCc1cc(/C=C(\C#N)C(=O)Nc2ccccc2C)cc(OCC)c1OCc1ccccc1Cl. The number of nitriles is 1. The number of para-hydroxylation sites is 1. The Morgan fingerprint density at radius 3 is 2.54 bits per heavy atom. The Hall–Kier alpha value is -4.01. The van der Waals surface area contributed by atoms with Crippen molar-refractivity contribution in [2.24, 2.45) is 0 Å². The Bertz CT molecular complexity index is 1290. The first-order valence-electron chi connectivity index (χ1n) is 11.2. The van der Waals surface area contributed by atoms with E-state index in [9.17, 15) is 10.1 Å². The number of hydrogen-bond acceptors (Lipinski definition) is 4. The third-order valence-electron chi connectivity index (χ3n) is 5.22. The third kappa shape index (κ3) is 6.75. The summed E-state index contributed by atoms with van der Waals surface area (Å²) in [5.74, 6) is 0.609. The minimum atomic E-state index is -0.482. The number of anilines is 1. The van der Waals surface area contributed by atoms with Crippen LogP contribution in [0.3, 0.4) is 0 Å². The van der Waals surface area contributed by atoms with Crippen LogP contribution in [0.4, 0.5) is 5.69 Å². The maximum atomic E-state index is 12.8. The lowest BCUT2D eigenvalue weighted by Gasteiger charge is -2.17. The summed E-state index contributed by atoms with van der Waals surface area (Å²) >= 11 is 6.28. The molecule has 3 rings (SSSR count). The summed E-state index contributed by atoms with van der Waals surface area (Å²) in [6.07, 6.45) is 3.81. The zero-order valence-corrected chi connectivity index (χ0v) is 20.6. The van der Waals surface area contributed by atoms with E-state index in [0.29, 0.717) is 40.8 Å². The van der Waals surface area contributed by atoms with Crippen molar-refractivity contribution in [3.05, 3.63) is 106 Å². The van der Waals surface area contributed by atoms with E-state index < -0.39 is 5.91 Å². The number of allylic oxidation sites excluding steroid dienone is 1. The van der Waals surface area contributed by atoms with Crippen molar-refractivity contribution < 1.29 is 14.3 Å². The molecule has 1 amide bonds. The normalized spacial score (nSPS) is 10.9. The molecule has 0 fully saturated rings. The van der Waals surface area contributed by atoms with Gasteiger partial charge in [-0.1, -0.05) is 54.1 Å². The van der Waals surface area contributed by atoms with E-state index in [1.54, 1.807) is 24.3 Å². The van der Waals surface area contributed by atoms with Gasteiger partial charge < -0.3 is 14.8 Å². The number of rotatable bonds is 10. The van der Waals surface area contributed by atoms with Crippen molar-refractivity contribution >= 4 is 29.3 Å². The minimum Gasteiger partial charge on any atom is -0.490 e. The Morgan fingerprint density at radius 2 is 1.86 bits per heavy atom. The average molecular weight is 487 g/mol. The van der Waals surface area contributed by atoms with Crippen molar-refractivity contribution in [1.29, 1.82) is 5.26 Å². The van der Waals surface area contributed by atoms with Crippen molar-refractivity contribution in [2.75, 3.05) is 11.9 Å². The smallest absolute Gasteiger partial charge is 0.266 e. The number of carbonyl (C=O) groups is 1. The predicted molar refractivity (Wildman–Crippen MR) is 141 cm³/mol. The molecule has 5 nitrogen and oxygen atoms in total. The maximum absolute atomic E-state index is 12.8. The van der Waals surface area contributed by atoms with E-state index in [0.717, 1.165) is 16.7 Å². The zero-order valence-electron chi connectivity index (χ0n) is 19.8. The molecule has 0 saturated heterocycles. The minimum absolute atomic E-state index is 0.0232. The van der Waals surface area contributed by atoms with Gasteiger partial charge in [0, 0.05) is 21.8 Å². The molecular weight excluding hydrogens is 460 g/mol. The Kier molecular flexibility index (Phi) is 9.11. The van der Waals surface area contributed by atoms with Gasteiger partial charge in [-0.3, -0.25) is 4.79 Å². The Balaban J connectivity index is 1.95. The fraction of sp³-hybridized carbons (Fsp3) is 0.172. The molecule has 35 heavy (non-hydrogen) atoms. The highest BCUT2D eigenvalue weighted by atomic mass is 35.5. The highest BCUT2D eigenvalue weighted by molar-refractivity contribution is 6.31. The molecule has 0 aliphatic heterocycles. The second-order valence-electron chi connectivity index (χ2n) is 7.75. The van der Waals surface area contributed by atoms with Gasteiger partial charge in [0.15, 0.2) is 11.5 Å². The molecule has 0 unspecified atom stereocenters. The van der Waals surface area contributed by atoms with Crippen molar-refractivity contribution in [3.63, 3.8) is 0 Å². The van der Waals surface area contributed by atoms with Gasteiger partial charge in [-0.25, -0.2) is 0 Å². The molecule has 0 bridgehead atoms. The van der Waals surface area contributed by atoms with E-state index in [1.807, 2.05) is 68.4 Å². The molecule has 0 heterocycles. The van der Waals surface area contributed by atoms with E-state index in [4.69, 9.17) is 21.1 Å². The van der Waals surface area contributed by atoms with Gasteiger partial charge >= 0.3 is 0 Å². The summed E-state index contributed by atoms with van der Waals surface area (Å²) in [6, 6.07) is 20.5. The summed E-state index contributed by atoms with van der Waals surface area (Å²) < 4.78 is 12.0. The summed E-state index contributed by atoms with van der Waals surface area (Å²) in [7, 11) is 0. The van der Waals surface area contributed by atoms with E-state index in [1.165, 1.54) is 0 Å². The molecule has 0 radical (unpaired) electrons. The van der Waals surface area contributed by atoms with Crippen molar-refractivity contribution in [3.8, 4) is 17.6 Å². The number of nitrogens with one attached hydrogen (secondary N) is 1. The van der Waals surface area contributed by atoms with Crippen LogP contribution in [0.5, 0.6) is 11.5 Å². The highest BCUT2D eigenvalue weighted by Gasteiger charge is 2.16. The summed E-state index contributed by atoms with van der Waals surface area (Å²) in [5, 5.41) is 13.1. The fourth-order valence-corrected chi connectivity index (χ4v) is 3.67. The molecular formula is C29H27ClN2O3. The lowest BCUT2D eigenvalue weighted by Crippen LogP contribution is -2.14. The van der Waals surface area contributed by atoms with Crippen LogP contribution >= 0.6 is 11.6 Å². The second-order valence-corrected chi connectivity index (χ2v) is 8.16. The van der Waals surface area contributed by atoms with Gasteiger partial charge in [0.2, 0.25) is 0 Å². The first-order chi connectivity index (χ1) is 17.0. The number of nitrogens with zero attached hydrogens (tertiary/aromatic N) is 1. The molecule has 0 spiro atoms. The molecule has 3 aromatic carbocycles. The quantitative estimate of drug-likeness (QED) is 0.192. The summed E-state index contributed by atoms with van der Waals surface area (Å²) in [6.45, 7) is 8.30. The topological polar surface area (TPSA) is 71.4 Å². The molecule has 0 aliphatic carbocycles. The third-order valence-corrected chi connectivity index (χ3v) is 5.59. The summed E-state index contributed by atoms with van der Waals surface area (Å²) in [5.41, 5.74) is 3.86. The fourth-order valence-electron chi connectivity index (χ4n) is 3.48. The first kappa shape index (κ1) is 25.6. The Morgan fingerprint density at radius 1 is 1.11 bits per heavy atom. The number of benzene rings is 3. The Labute approximate surface area is 211 Å². The number of aryl methyl sites for hydroxylation is 1. The standard InChI is InChI=1S/C29H27ClN2O3/c1-4-10-22-15-21(16-24(18-31)29(33)32-26-14-9-6-11-20(26)3)17-27(34-5-2)28(22)35-19-23-12-7-8-13-25(23)30/h4,6-9,11-17H,1,5,10,19H2,2-3H3,(H,32,33)/b24-16+.